The van der Waals surface area contributed by atoms with Crippen LogP contribution in [0.1, 0.15) is 89.2 Å². The van der Waals surface area contributed by atoms with Gasteiger partial charge in [-0.05, 0) is 50.8 Å². The zero-order chi connectivity index (χ0) is 28.1. The molecular formula is C31H42N6O3. The molecule has 2 aliphatic heterocycles. The lowest BCUT2D eigenvalue weighted by molar-refractivity contribution is -0.127. The number of urea groups is 1. The lowest BCUT2D eigenvalue weighted by Gasteiger charge is -2.50. The Morgan fingerprint density at radius 2 is 1.62 bits per heavy atom. The topological polar surface area (TPSA) is 106 Å². The van der Waals surface area contributed by atoms with Crippen molar-refractivity contribution in [1.29, 1.82) is 0 Å². The highest BCUT2D eigenvalue weighted by Gasteiger charge is 2.57. The molecule has 0 aromatic heterocycles. The molecule has 0 spiro atoms. The van der Waals surface area contributed by atoms with Gasteiger partial charge in [-0.2, -0.15) is 0 Å². The van der Waals surface area contributed by atoms with E-state index in [-0.39, 0.29) is 29.9 Å². The normalized spacial score (nSPS) is 24.4. The molecule has 1 unspecified atom stereocenters. The standard InChI is InChI=1S/C31H42N6O3/c1-3-32-20-21-33-26(38)19-16-22-14-17-23(18-15-22)28-34-27-29(39)36(24-10-6-4-7-11-24)30(40)37(31(27,2)35-28)25-12-8-5-9-13-25/h14-19,24-25,32H,3-13,20-21H2,1-2H3,(H,33,38)/b19-16+. The van der Waals surface area contributed by atoms with Crippen LogP contribution in [0, 0.1) is 0 Å². The molecule has 214 valence electrons. The maximum atomic E-state index is 14.1. The van der Waals surface area contributed by atoms with Crippen LogP contribution in [-0.4, -0.2) is 76.6 Å². The lowest BCUT2D eigenvalue weighted by atomic mass is 9.88. The van der Waals surface area contributed by atoms with Crippen molar-refractivity contribution in [3.8, 4) is 0 Å². The third kappa shape index (κ3) is 5.75. The quantitative estimate of drug-likeness (QED) is 0.356. The number of aliphatic imine (C=N–C) groups is 2. The number of carbonyl (C=O) groups is 3. The second-order valence-corrected chi connectivity index (χ2v) is 11.4. The molecule has 0 radical (unpaired) electrons. The number of amides is 4. The second kappa shape index (κ2) is 12.5. The predicted octanol–water partition coefficient (Wildman–Crippen LogP) is 4.27. The highest BCUT2D eigenvalue weighted by atomic mass is 16.2. The molecule has 1 aromatic carbocycles. The van der Waals surface area contributed by atoms with Gasteiger partial charge in [0, 0.05) is 36.8 Å². The van der Waals surface area contributed by atoms with Gasteiger partial charge < -0.3 is 10.6 Å². The fraction of sp³-hybridized carbons (Fsp3) is 0.581. The van der Waals surface area contributed by atoms with E-state index in [0.29, 0.717) is 18.1 Å². The first-order valence-electron chi connectivity index (χ1n) is 15.1. The first-order valence-corrected chi connectivity index (χ1v) is 15.1. The number of likely N-dealkylation sites (N-methyl/N-ethyl adjacent to an activating group) is 1. The number of nitrogens with zero attached hydrogens (tertiary/aromatic N) is 4. The molecule has 40 heavy (non-hydrogen) atoms. The van der Waals surface area contributed by atoms with Crippen molar-refractivity contribution in [2.24, 2.45) is 9.98 Å². The minimum Gasteiger partial charge on any atom is -0.351 e. The van der Waals surface area contributed by atoms with Gasteiger partial charge in [-0.3, -0.25) is 19.4 Å². The summed E-state index contributed by atoms with van der Waals surface area (Å²) in [5.74, 6) is 0.0469. The van der Waals surface area contributed by atoms with Crippen molar-refractivity contribution in [2.45, 2.75) is 95.8 Å². The van der Waals surface area contributed by atoms with E-state index in [2.05, 4.69) is 10.6 Å². The second-order valence-electron chi connectivity index (χ2n) is 11.4. The maximum absolute atomic E-state index is 14.1. The maximum Gasteiger partial charge on any atom is 0.329 e. The molecule has 2 N–H and O–H groups in total. The molecule has 1 atom stereocenters. The minimum atomic E-state index is -1.10. The minimum absolute atomic E-state index is 0.0511. The first kappa shape index (κ1) is 28.2. The van der Waals surface area contributed by atoms with Crippen LogP contribution in [0.4, 0.5) is 4.79 Å². The third-order valence-corrected chi connectivity index (χ3v) is 8.62. The van der Waals surface area contributed by atoms with Crippen LogP contribution in [0.3, 0.4) is 0 Å². The number of nitrogens with one attached hydrogen (secondary N) is 2. The van der Waals surface area contributed by atoms with E-state index in [0.717, 1.165) is 82.0 Å². The Labute approximate surface area is 237 Å². The monoisotopic (exact) mass is 546 g/mol. The van der Waals surface area contributed by atoms with Crippen molar-refractivity contribution < 1.29 is 14.4 Å². The first-order chi connectivity index (χ1) is 19.4. The van der Waals surface area contributed by atoms with Gasteiger partial charge in [-0.25, -0.2) is 14.8 Å². The van der Waals surface area contributed by atoms with Crippen molar-refractivity contribution in [2.75, 3.05) is 19.6 Å². The Bertz CT molecular complexity index is 1190. The zero-order valence-electron chi connectivity index (χ0n) is 23.8. The number of benzene rings is 1. The van der Waals surface area contributed by atoms with E-state index in [1.807, 2.05) is 43.0 Å². The number of carbonyl (C=O) groups excluding carboxylic acids is 3. The summed E-state index contributed by atoms with van der Waals surface area (Å²) >= 11 is 0. The van der Waals surface area contributed by atoms with Gasteiger partial charge in [-0.1, -0.05) is 69.7 Å². The Morgan fingerprint density at radius 3 is 2.27 bits per heavy atom. The molecule has 0 bridgehead atoms. The molecule has 9 nitrogen and oxygen atoms in total. The lowest BCUT2D eigenvalue weighted by Crippen LogP contribution is -2.71. The van der Waals surface area contributed by atoms with Crippen LogP contribution in [-0.2, 0) is 9.59 Å². The molecule has 2 saturated carbocycles. The van der Waals surface area contributed by atoms with Gasteiger partial charge in [0.05, 0.1) is 0 Å². The van der Waals surface area contributed by atoms with Crippen LogP contribution < -0.4 is 10.6 Å². The Kier molecular flexibility index (Phi) is 8.78. The summed E-state index contributed by atoms with van der Waals surface area (Å²) in [6.45, 7) is 6.09. The molecule has 5 rings (SSSR count). The fourth-order valence-electron chi connectivity index (χ4n) is 6.48. The molecular weight excluding hydrogens is 504 g/mol. The average molecular weight is 547 g/mol. The van der Waals surface area contributed by atoms with E-state index in [1.54, 1.807) is 6.08 Å². The smallest absolute Gasteiger partial charge is 0.329 e. The molecule has 2 aliphatic carbocycles. The van der Waals surface area contributed by atoms with Gasteiger partial charge in [0.25, 0.3) is 5.91 Å². The summed E-state index contributed by atoms with van der Waals surface area (Å²) < 4.78 is 0. The van der Waals surface area contributed by atoms with Crippen LogP contribution in [0.5, 0.6) is 0 Å². The summed E-state index contributed by atoms with van der Waals surface area (Å²) in [6.07, 6.45) is 13.4. The van der Waals surface area contributed by atoms with Gasteiger partial charge in [0.2, 0.25) is 5.91 Å². The molecule has 1 aromatic rings. The average Bonchev–Trinajstić information content (AvgIpc) is 3.34. The summed E-state index contributed by atoms with van der Waals surface area (Å²) in [6, 6.07) is 7.41. The molecule has 1 saturated heterocycles. The van der Waals surface area contributed by atoms with Gasteiger partial charge in [-0.15, -0.1) is 0 Å². The number of hydrogen-bond donors (Lipinski definition) is 2. The van der Waals surface area contributed by atoms with Gasteiger partial charge in [0.15, 0.2) is 17.2 Å². The fourth-order valence-corrected chi connectivity index (χ4v) is 6.48. The van der Waals surface area contributed by atoms with E-state index < -0.39 is 5.66 Å². The van der Waals surface area contributed by atoms with Crippen molar-refractivity contribution in [1.82, 2.24) is 20.4 Å². The zero-order valence-corrected chi connectivity index (χ0v) is 23.8. The van der Waals surface area contributed by atoms with E-state index in [4.69, 9.17) is 9.98 Å². The number of hydrogen-bond acceptors (Lipinski definition) is 6. The summed E-state index contributed by atoms with van der Waals surface area (Å²) in [4.78, 5) is 53.2. The summed E-state index contributed by atoms with van der Waals surface area (Å²) in [5.41, 5.74) is 0.916. The number of amidine groups is 1. The number of rotatable bonds is 9. The molecule has 9 heteroatoms. The Balaban J connectivity index is 1.38. The van der Waals surface area contributed by atoms with Gasteiger partial charge in [0.1, 0.15) is 0 Å². The largest absolute Gasteiger partial charge is 0.351 e. The van der Waals surface area contributed by atoms with E-state index in [1.165, 1.54) is 17.4 Å². The van der Waals surface area contributed by atoms with E-state index >= 15 is 0 Å². The van der Waals surface area contributed by atoms with E-state index in [9.17, 15) is 14.4 Å². The van der Waals surface area contributed by atoms with Crippen molar-refractivity contribution >= 4 is 35.5 Å². The molecule has 2 heterocycles. The summed E-state index contributed by atoms with van der Waals surface area (Å²) in [5, 5.41) is 6.02. The SMILES string of the molecule is CCNCCNC(=O)/C=C/c1ccc(C2=NC3(C)C(=N2)C(=O)N(C2CCCCC2)C(=O)N3C2CCCCC2)cc1. The van der Waals surface area contributed by atoms with Gasteiger partial charge >= 0.3 is 6.03 Å². The molecule has 3 fully saturated rings. The van der Waals surface area contributed by atoms with Crippen molar-refractivity contribution in [3.05, 3.63) is 41.5 Å². The summed E-state index contributed by atoms with van der Waals surface area (Å²) in [7, 11) is 0. The highest BCUT2D eigenvalue weighted by Crippen LogP contribution is 2.40. The predicted molar refractivity (Wildman–Crippen MR) is 157 cm³/mol. The molecule has 4 aliphatic rings. The van der Waals surface area contributed by atoms with Crippen LogP contribution >= 0.6 is 0 Å². The highest BCUT2D eigenvalue weighted by molar-refractivity contribution is 6.49. The van der Waals surface area contributed by atoms with Crippen LogP contribution in [0.2, 0.25) is 0 Å². The Hall–Kier alpha value is -3.33. The van der Waals surface area contributed by atoms with Crippen LogP contribution in [0.15, 0.2) is 40.3 Å². The molecule has 4 amide bonds. The number of fused-ring (bicyclic) bond motifs is 1. The van der Waals surface area contributed by atoms with Crippen molar-refractivity contribution in [3.63, 3.8) is 0 Å². The number of imide groups is 1. The third-order valence-electron chi connectivity index (χ3n) is 8.62. The van der Waals surface area contributed by atoms with Crippen LogP contribution in [0.25, 0.3) is 6.08 Å². The Morgan fingerprint density at radius 1 is 0.975 bits per heavy atom.